The van der Waals surface area contributed by atoms with Crippen molar-refractivity contribution in [2.75, 3.05) is 0 Å². The van der Waals surface area contributed by atoms with Crippen LogP contribution in [0.25, 0.3) is 0 Å². The van der Waals surface area contributed by atoms with E-state index in [4.69, 9.17) is 5.26 Å². The number of nitrogens with zero attached hydrogens (tertiary/aromatic N) is 1. The van der Waals surface area contributed by atoms with Gasteiger partial charge in [0, 0.05) is 5.56 Å². The van der Waals surface area contributed by atoms with E-state index in [0.717, 1.165) is 63.9 Å². The first-order valence-corrected chi connectivity index (χ1v) is 20.8. The van der Waals surface area contributed by atoms with Crippen molar-refractivity contribution in [2.45, 2.75) is 40.2 Å². The van der Waals surface area contributed by atoms with Crippen molar-refractivity contribution in [2.24, 2.45) is 0 Å². The smallest absolute Gasteiger partial charge is 0.195 e. The molecule has 0 amide bonds. The second-order valence-corrected chi connectivity index (χ2v) is 17.2. The lowest BCUT2D eigenvalue weighted by Gasteiger charge is -2.44. The van der Waals surface area contributed by atoms with Crippen molar-refractivity contribution in [3.63, 3.8) is 0 Å². The molecule has 0 saturated heterocycles. The van der Waals surface area contributed by atoms with Crippen LogP contribution in [0.2, 0.25) is 0 Å². The Labute approximate surface area is 360 Å². The van der Waals surface area contributed by atoms with Gasteiger partial charge in [-0.1, -0.05) is 150 Å². The minimum atomic E-state index is -4.77. The summed E-state index contributed by atoms with van der Waals surface area (Å²) in [6, 6.07) is 42.1. The standard InChI is InChI=1S/C28H16BF12.C20H16NOS/c30-25(31,32)17-1-9-21(10-2-17)29(22-11-3-18(4-12-22)26(33,34)35,23-13-5-19(6-14-23)27(36,37)38)24-15-7-20(8-16-24)28(39,40)41;21-15-17-11-13-18(14-12-17)16-23(22,19-7-3-1-4-8-19)20-9-5-2-6-10-20/h1-16H;1-14H,16H2/q-1;+1. The number of hydrogen-bond donors (Lipinski definition) is 0. The lowest BCUT2D eigenvalue weighted by Crippen LogP contribution is -2.74. The second kappa shape index (κ2) is 18.2. The molecule has 0 fully saturated rings. The van der Waals surface area contributed by atoms with E-state index in [9.17, 15) is 56.9 Å². The highest BCUT2D eigenvalue weighted by atomic mass is 32.2. The van der Waals surface area contributed by atoms with Crippen molar-refractivity contribution in [3.8, 4) is 6.07 Å². The van der Waals surface area contributed by atoms with Crippen LogP contribution in [0, 0.1) is 11.3 Å². The van der Waals surface area contributed by atoms with Crippen LogP contribution in [0.5, 0.6) is 0 Å². The minimum absolute atomic E-state index is 0.0114. The molecule has 0 atom stereocenters. The maximum atomic E-state index is 13.8. The monoisotopic (exact) mass is 909 g/mol. The zero-order valence-electron chi connectivity index (χ0n) is 32.9. The maximum Gasteiger partial charge on any atom is 0.416 e. The van der Waals surface area contributed by atoms with E-state index >= 15 is 0 Å². The summed E-state index contributed by atoms with van der Waals surface area (Å²) >= 11 is 0. The predicted molar refractivity (Wildman–Crippen MR) is 222 cm³/mol. The first-order chi connectivity index (χ1) is 30.1. The molecule has 328 valence electrons. The molecule has 64 heavy (non-hydrogen) atoms. The lowest BCUT2D eigenvalue weighted by molar-refractivity contribution is -0.138. The fraction of sp³-hybridized carbons (Fsp3) is 0.104. The summed E-state index contributed by atoms with van der Waals surface area (Å²) in [5, 5.41) is 8.91. The lowest BCUT2D eigenvalue weighted by atomic mass is 9.13. The fourth-order valence-electron chi connectivity index (χ4n) is 7.49. The Morgan fingerprint density at radius 2 is 0.656 bits per heavy atom. The van der Waals surface area contributed by atoms with Gasteiger partial charge in [-0.25, -0.2) is 0 Å². The summed E-state index contributed by atoms with van der Waals surface area (Å²) in [7, 11) is -2.40. The third-order valence-electron chi connectivity index (χ3n) is 10.7. The summed E-state index contributed by atoms with van der Waals surface area (Å²) in [6.45, 7) is 0. The highest BCUT2D eigenvalue weighted by Gasteiger charge is 2.39. The van der Waals surface area contributed by atoms with Crippen molar-refractivity contribution in [1.82, 2.24) is 0 Å². The molecule has 7 aromatic rings. The van der Waals surface area contributed by atoms with Gasteiger partial charge in [-0.05, 0) is 36.4 Å². The van der Waals surface area contributed by atoms with Crippen LogP contribution in [-0.2, 0) is 44.6 Å². The van der Waals surface area contributed by atoms with E-state index in [-0.39, 0.29) is 21.9 Å². The Morgan fingerprint density at radius 3 is 0.891 bits per heavy atom. The average molecular weight is 910 g/mol. The van der Waals surface area contributed by atoms with Gasteiger partial charge in [0.1, 0.15) is 11.9 Å². The van der Waals surface area contributed by atoms with Crippen LogP contribution in [0.3, 0.4) is 0 Å². The Hall–Kier alpha value is -6.60. The summed E-state index contributed by atoms with van der Waals surface area (Å²) in [5.74, 6) is 0.423. The van der Waals surface area contributed by atoms with Crippen LogP contribution in [0.15, 0.2) is 192 Å². The molecule has 0 unspecified atom stereocenters. The van der Waals surface area contributed by atoms with Gasteiger partial charge in [-0.15, -0.1) is 0 Å². The summed E-state index contributed by atoms with van der Waals surface area (Å²) in [4.78, 5) is 1.66. The molecule has 0 aromatic heterocycles. The average Bonchev–Trinajstić information content (AvgIpc) is 3.27. The molecule has 0 aliphatic heterocycles. The van der Waals surface area contributed by atoms with E-state index in [1.165, 1.54) is 0 Å². The molecule has 0 aliphatic rings. The molecule has 0 saturated carbocycles. The molecule has 7 aromatic carbocycles. The minimum Gasteiger partial charge on any atom is -0.195 e. The number of benzene rings is 7. The number of hydrogen-bond acceptors (Lipinski definition) is 2. The van der Waals surface area contributed by atoms with E-state index in [0.29, 0.717) is 59.8 Å². The van der Waals surface area contributed by atoms with Gasteiger partial charge in [0.25, 0.3) is 0 Å². The van der Waals surface area contributed by atoms with Crippen LogP contribution in [0.4, 0.5) is 52.7 Å². The normalized spacial score (nSPS) is 12.5. The number of rotatable bonds is 8. The van der Waals surface area contributed by atoms with Crippen molar-refractivity contribution < 1.29 is 56.9 Å². The van der Waals surface area contributed by atoms with Crippen molar-refractivity contribution in [1.29, 1.82) is 5.26 Å². The van der Waals surface area contributed by atoms with Crippen LogP contribution >= 0.6 is 0 Å². The predicted octanol–water partition coefficient (Wildman–Crippen LogP) is 11.8. The van der Waals surface area contributed by atoms with Gasteiger partial charge in [0.2, 0.25) is 0 Å². The molecule has 0 heterocycles. The third kappa shape index (κ3) is 10.3. The molecule has 0 N–H and O–H groups in total. The number of nitriles is 1. The molecule has 0 aliphatic carbocycles. The SMILES string of the molecule is FC(F)(F)c1ccc([B-](c2ccc(C(F)(F)F)cc2)(c2ccc(C(F)(F)F)cc2)c2ccc(C(F)(F)F)cc2)cc1.N#Cc1ccc(C[S+](=O)(c2ccccc2)c2ccccc2)cc1. The zero-order chi connectivity index (χ0) is 46.6. The van der Waals surface area contributed by atoms with Crippen LogP contribution in [-0.4, -0.2) is 6.15 Å². The quantitative estimate of drug-likeness (QED) is 0.0866. The van der Waals surface area contributed by atoms with Gasteiger partial charge < -0.3 is 0 Å². The van der Waals surface area contributed by atoms with Crippen LogP contribution < -0.4 is 21.9 Å². The Balaban J connectivity index is 0.000000249. The zero-order valence-corrected chi connectivity index (χ0v) is 33.7. The Morgan fingerprint density at radius 1 is 0.391 bits per heavy atom. The van der Waals surface area contributed by atoms with Gasteiger partial charge in [-0.3, -0.25) is 0 Å². The molecule has 7 rings (SSSR count). The molecule has 16 heteroatoms. The molecule has 2 nitrogen and oxygen atoms in total. The summed E-state index contributed by atoms with van der Waals surface area (Å²) in [5.41, 5.74) is -2.72. The van der Waals surface area contributed by atoms with Gasteiger partial charge in [-0.2, -0.15) is 79.8 Å². The molecular weight excluding hydrogens is 877 g/mol. The highest BCUT2D eigenvalue weighted by molar-refractivity contribution is 8.02. The van der Waals surface area contributed by atoms with Crippen molar-refractivity contribution in [3.05, 3.63) is 215 Å². The fourth-order valence-corrected chi connectivity index (χ4v) is 9.95. The van der Waals surface area contributed by atoms with Crippen molar-refractivity contribution >= 4 is 37.9 Å². The maximum absolute atomic E-state index is 13.8. The van der Waals surface area contributed by atoms with Gasteiger partial charge >= 0.3 is 24.7 Å². The van der Waals surface area contributed by atoms with E-state index < -0.39 is 63.0 Å². The first kappa shape index (κ1) is 46.9. The number of alkyl halides is 12. The van der Waals surface area contributed by atoms with Gasteiger partial charge in [0.15, 0.2) is 19.7 Å². The molecule has 0 spiro atoms. The topological polar surface area (TPSA) is 40.9 Å². The summed E-state index contributed by atoms with van der Waals surface area (Å²) < 4.78 is 174. The largest absolute Gasteiger partial charge is 0.416 e. The second-order valence-electron chi connectivity index (χ2n) is 14.6. The number of halogens is 12. The Kier molecular flexibility index (Phi) is 13.4. The van der Waals surface area contributed by atoms with Gasteiger partial charge in [0.05, 0.1) is 33.9 Å². The molecular formula is C48H32BF12NOS. The highest BCUT2D eigenvalue weighted by Crippen LogP contribution is 2.34. The van der Waals surface area contributed by atoms with Crippen LogP contribution in [0.1, 0.15) is 33.4 Å². The molecule has 0 bridgehead atoms. The molecule has 0 radical (unpaired) electrons. The van der Waals surface area contributed by atoms with E-state index in [1.54, 1.807) is 12.1 Å². The summed E-state index contributed by atoms with van der Waals surface area (Å²) in [6.07, 6.45) is -22.0. The van der Waals surface area contributed by atoms with E-state index in [1.807, 2.05) is 72.8 Å². The first-order valence-electron chi connectivity index (χ1n) is 19.0. The Bertz CT molecular complexity index is 2450. The third-order valence-corrected chi connectivity index (χ3v) is 13.5. The van der Waals surface area contributed by atoms with E-state index in [2.05, 4.69) is 6.07 Å².